The topological polar surface area (TPSA) is 25.6 Å². The lowest BCUT2D eigenvalue weighted by Crippen LogP contribution is -2.32. The number of anilines is 3. The van der Waals surface area contributed by atoms with Gasteiger partial charge in [0.05, 0.1) is 16.8 Å². The van der Waals surface area contributed by atoms with Crippen LogP contribution < -0.4 is 9.64 Å². The van der Waals surface area contributed by atoms with Crippen LogP contribution in [0.3, 0.4) is 0 Å². The first-order chi connectivity index (χ1) is 25.1. The zero-order valence-electron chi connectivity index (χ0n) is 28.4. The maximum Gasteiger partial charge on any atom is 0.136 e. The average Bonchev–Trinajstić information content (AvgIpc) is 3.80. The van der Waals surface area contributed by atoms with Crippen molar-refractivity contribution >= 4 is 28.0 Å². The average molecular weight is 656 g/mol. The van der Waals surface area contributed by atoms with E-state index >= 15 is 0 Å². The molecule has 3 aliphatic rings. The Morgan fingerprint density at radius 1 is 0.471 bits per heavy atom. The summed E-state index contributed by atoms with van der Waals surface area (Å²) in [5.41, 5.74) is 15.9. The van der Waals surface area contributed by atoms with Crippen molar-refractivity contribution in [2.45, 2.75) is 24.7 Å². The number of furan rings is 1. The number of ether oxygens (including phenoxy) is 1. The summed E-state index contributed by atoms with van der Waals surface area (Å²) >= 11 is 0. The lowest BCUT2D eigenvalue weighted by Gasteiger charge is -2.39. The van der Waals surface area contributed by atoms with Crippen LogP contribution in [-0.4, -0.2) is 0 Å². The Bertz CT molecular complexity index is 2690. The summed E-state index contributed by atoms with van der Waals surface area (Å²) in [7, 11) is 0. The van der Waals surface area contributed by atoms with Crippen molar-refractivity contribution < 1.29 is 9.15 Å². The highest BCUT2D eigenvalue weighted by Gasteiger charge is 2.51. The molecule has 0 unspecified atom stereocenters. The van der Waals surface area contributed by atoms with Gasteiger partial charge in [-0.25, -0.2) is 0 Å². The molecule has 1 aromatic heterocycles. The standard InChI is InChI=1S/C48H33NO2/c1-47(2)36-18-6-3-15-32(36)34-17-13-22-41(46(34)47)49(42-29-50-43-23-10-5-16-35(42)43)30-26-27-33-31-14-4-7-19-37(31)48(40(33)28-30)38-20-8-11-24-44(38)51-45-25-12-9-21-39(45)48/h3-29H,1-2H3. The van der Waals surface area contributed by atoms with Crippen molar-refractivity contribution in [2.24, 2.45) is 0 Å². The molecule has 0 amide bonds. The maximum absolute atomic E-state index is 6.63. The van der Waals surface area contributed by atoms with Gasteiger partial charge < -0.3 is 14.1 Å². The van der Waals surface area contributed by atoms with Gasteiger partial charge in [0.25, 0.3) is 0 Å². The van der Waals surface area contributed by atoms with E-state index in [0.717, 1.165) is 50.7 Å². The third kappa shape index (κ3) is 3.63. The minimum atomic E-state index is -0.564. The van der Waals surface area contributed by atoms with Crippen molar-refractivity contribution in [3.05, 3.63) is 197 Å². The van der Waals surface area contributed by atoms with Crippen LogP contribution in [0.25, 0.3) is 33.2 Å². The Balaban J connectivity index is 1.24. The van der Waals surface area contributed by atoms with Crippen LogP contribution in [0.1, 0.15) is 47.2 Å². The molecule has 51 heavy (non-hydrogen) atoms. The van der Waals surface area contributed by atoms with Gasteiger partial charge in [-0.15, -0.1) is 0 Å². The second-order valence-corrected chi connectivity index (χ2v) is 14.4. The molecule has 0 bridgehead atoms. The number of nitrogens with zero attached hydrogens (tertiary/aromatic N) is 1. The molecule has 11 rings (SSSR count). The van der Waals surface area contributed by atoms with E-state index in [2.05, 4.69) is 170 Å². The first-order valence-corrected chi connectivity index (χ1v) is 17.7. The normalized spacial score (nSPS) is 14.9. The Kier molecular flexibility index (Phi) is 5.66. The first-order valence-electron chi connectivity index (χ1n) is 17.7. The highest BCUT2D eigenvalue weighted by molar-refractivity contribution is 6.00. The largest absolute Gasteiger partial charge is 0.462 e. The third-order valence-electron chi connectivity index (χ3n) is 11.6. The maximum atomic E-state index is 6.63. The van der Waals surface area contributed by atoms with Gasteiger partial charge in [0.1, 0.15) is 23.3 Å². The van der Waals surface area contributed by atoms with Crippen LogP contribution in [0.2, 0.25) is 0 Å². The van der Waals surface area contributed by atoms with E-state index in [4.69, 9.17) is 9.15 Å². The molecule has 0 saturated heterocycles. The number of fused-ring (bicyclic) bond motifs is 13. The number of hydrogen-bond acceptors (Lipinski definition) is 3. The highest BCUT2D eigenvalue weighted by atomic mass is 16.5. The zero-order chi connectivity index (χ0) is 33.9. The Morgan fingerprint density at radius 3 is 1.82 bits per heavy atom. The van der Waals surface area contributed by atoms with Gasteiger partial charge in [0.15, 0.2) is 0 Å². The molecule has 2 aliphatic carbocycles. The van der Waals surface area contributed by atoms with Crippen molar-refractivity contribution in [3.63, 3.8) is 0 Å². The molecule has 0 atom stereocenters. The number of rotatable bonds is 3. The van der Waals surface area contributed by atoms with E-state index in [-0.39, 0.29) is 5.41 Å². The van der Waals surface area contributed by atoms with E-state index in [1.165, 1.54) is 44.5 Å². The molecule has 0 N–H and O–H groups in total. The fraction of sp³-hybridized carbons (Fsp3) is 0.0833. The summed E-state index contributed by atoms with van der Waals surface area (Å²) in [4.78, 5) is 2.44. The fourth-order valence-electron chi connectivity index (χ4n) is 9.53. The van der Waals surface area contributed by atoms with Gasteiger partial charge in [0, 0.05) is 27.6 Å². The second-order valence-electron chi connectivity index (χ2n) is 14.4. The first kappa shape index (κ1) is 28.5. The SMILES string of the molecule is CC1(C)c2ccccc2-c2cccc(N(c3ccc4c(c3)C3(c5ccccc5Oc5ccccc53)c3ccccc3-4)c3coc4ccccc34)c21. The Morgan fingerprint density at radius 2 is 1.06 bits per heavy atom. The van der Waals surface area contributed by atoms with Gasteiger partial charge in [-0.1, -0.05) is 129 Å². The molecule has 8 aromatic rings. The summed E-state index contributed by atoms with van der Waals surface area (Å²) in [6, 6.07) is 57.1. The lowest BCUT2D eigenvalue weighted by atomic mass is 9.66. The predicted molar refractivity (Wildman–Crippen MR) is 206 cm³/mol. The smallest absolute Gasteiger partial charge is 0.136 e. The molecular formula is C48H33NO2. The van der Waals surface area contributed by atoms with Crippen molar-refractivity contribution in [3.8, 4) is 33.8 Å². The summed E-state index contributed by atoms with van der Waals surface area (Å²) in [5, 5.41) is 1.07. The Labute approximate surface area is 297 Å². The number of hydrogen-bond donors (Lipinski definition) is 0. The molecule has 1 spiro atoms. The van der Waals surface area contributed by atoms with Gasteiger partial charge in [-0.2, -0.15) is 0 Å². The van der Waals surface area contributed by atoms with Crippen molar-refractivity contribution in [2.75, 3.05) is 4.90 Å². The summed E-state index contributed by atoms with van der Waals surface area (Å²) < 4.78 is 12.9. The summed E-state index contributed by atoms with van der Waals surface area (Å²) in [6.45, 7) is 4.72. The summed E-state index contributed by atoms with van der Waals surface area (Å²) in [5.74, 6) is 1.78. The molecule has 0 radical (unpaired) electrons. The minimum Gasteiger partial charge on any atom is -0.462 e. The quantitative estimate of drug-likeness (QED) is 0.189. The van der Waals surface area contributed by atoms with Crippen LogP contribution in [0, 0.1) is 0 Å². The molecule has 2 heterocycles. The molecule has 3 nitrogen and oxygen atoms in total. The molecule has 3 heteroatoms. The zero-order valence-corrected chi connectivity index (χ0v) is 28.4. The lowest BCUT2D eigenvalue weighted by molar-refractivity contribution is 0.436. The molecule has 7 aromatic carbocycles. The van der Waals surface area contributed by atoms with Crippen LogP contribution in [0.5, 0.6) is 11.5 Å². The number of benzene rings is 7. The van der Waals surface area contributed by atoms with E-state index in [9.17, 15) is 0 Å². The minimum absolute atomic E-state index is 0.215. The molecule has 242 valence electrons. The van der Waals surface area contributed by atoms with Crippen LogP contribution >= 0.6 is 0 Å². The molecule has 0 fully saturated rings. The van der Waals surface area contributed by atoms with Gasteiger partial charge >= 0.3 is 0 Å². The van der Waals surface area contributed by atoms with Gasteiger partial charge in [0.2, 0.25) is 0 Å². The molecule has 0 saturated carbocycles. The van der Waals surface area contributed by atoms with Crippen molar-refractivity contribution in [1.29, 1.82) is 0 Å². The van der Waals surface area contributed by atoms with Gasteiger partial charge in [-0.3, -0.25) is 0 Å². The van der Waals surface area contributed by atoms with E-state index in [1.54, 1.807) is 0 Å². The third-order valence-corrected chi connectivity index (χ3v) is 11.6. The second kappa shape index (κ2) is 10.1. The van der Waals surface area contributed by atoms with Crippen LogP contribution in [0.15, 0.2) is 168 Å². The van der Waals surface area contributed by atoms with Crippen LogP contribution in [-0.2, 0) is 10.8 Å². The van der Waals surface area contributed by atoms with E-state index in [1.807, 2.05) is 12.3 Å². The Hall–Kier alpha value is -6.32. The predicted octanol–water partition coefficient (Wildman–Crippen LogP) is 12.7. The number of para-hydroxylation sites is 3. The van der Waals surface area contributed by atoms with Crippen LogP contribution in [0.4, 0.5) is 17.1 Å². The summed E-state index contributed by atoms with van der Waals surface area (Å²) in [6.07, 6.45) is 1.93. The molecular weight excluding hydrogens is 623 g/mol. The van der Waals surface area contributed by atoms with Gasteiger partial charge in [-0.05, 0) is 87.0 Å². The highest BCUT2D eigenvalue weighted by Crippen LogP contribution is 2.63. The molecule has 1 aliphatic heterocycles. The van der Waals surface area contributed by atoms with Crippen molar-refractivity contribution in [1.82, 2.24) is 0 Å². The van der Waals surface area contributed by atoms with E-state index < -0.39 is 5.41 Å². The monoisotopic (exact) mass is 655 g/mol. The fourth-order valence-corrected chi connectivity index (χ4v) is 9.53. The van der Waals surface area contributed by atoms with E-state index in [0.29, 0.717) is 0 Å².